The molecule has 1 aliphatic rings. The molecule has 0 saturated carbocycles. The van der Waals surface area contributed by atoms with Gasteiger partial charge in [-0.25, -0.2) is 0 Å². The summed E-state index contributed by atoms with van der Waals surface area (Å²) < 4.78 is 31.0. The SMILES string of the molecule is FC(F)Oc1cc(-c2cnn(CCC3CNNC3)c2)ccc1Cl. The van der Waals surface area contributed by atoms with Crippen molar-refractivity contribution in [3.8, 4) is 16.9 Å². The molecule has 8 heteroatoms. The van der Waals surface area contributed by atoms with Gasteiger partial charge in [0, 0.05) is 31.4 Å². The first kappa shape index (κ1) is 16.2. The molecule has 3 rings (SSSR count). The van der Waals surface area contributed by atoms with Crippen molar-refractivity contribution in [3.63, 3.8) is 0 Å². The highest BCUT2D eigenvalue weighted by molar-refractivity contribution is 6.32. The fraction of sp³-hybridized carbons (Fsp3) is 0.400. The summed E-state index contributed by atoms with van der Waals surface area (Å²) in [6.07, 6.45) is 4.62. The standard InChI is InChI=1S/C15H17ClF2N4O/c16-13-2-1-11(5-14(13)23-15(17)18)12-8-21-22(9-12)4-3-10-6-19-20-7-10/h1-2,5,8-10,15,19-20H,3-4,6-7H2. The lowest BCUT2D eigenvalue weighted by atomic mass is 10.1. The number of rotatable bonds is 6. The van der Waals surface area contributed by atoms with Crippen molar-refractivity contribution in [1.82, 2.24) is 20.6 Å². The number of aromatic nitrogens is 2. The van der Waals surface area contributed by atoms with Crippen molar-refractivity contribution < 1.29 is 13.5 Å². The van der Waals surface area contributed by atoms with Crippen LogP contribution in [0.15, 0.2) is 30.6 Å². The first-order valence-corrected chi connectivity index (χ1v) is 7.72. The lowest BCUT2D eigenvalue weighted by Gasteiger charge is -2.08. The van der Waals surface area contributed by atoms with Gasteiger partial charge in [0.1, 0.15) is 5.75 Å². The third-order valence-electron chi connectivity index (χ3n) is 3.79. The molecule has 5 nitrogen and oxygen atoms in total. The number of aryl methyl sites for hydroxylation is 1. The monoisotopic (exact) mass is 342 g/mol. The minimum atomic E-state index is -2.90. The van der Waals surface area contributed by atoms with Crippen molar-refractivity contribution in [2.24, 2.45) is 5.92 Å². The number of alkyl halides is 2. The number of hydrogen-bond donors (Lipinski definition) is 2. The maximum Gasteiger partial charge on any atom is 0.387 e. The minimum absolute atomic E-state index is 0.0324. The molecule has 2 heterocycles. The molecule has 0 bridgehead atoms. The van der Waals surface area contributed by atoms with E-state index in [9.17, 15) is 8.78 Å². The molecule has 2 aromatic rings. The van der Waals surface area contributed by atoms with Crippen LogP contribution in [0.2, 0.25) is 5.02 Å². The molecule has 23 heavy (non-hydrogen) atoms. The van der Waals surface area contributed by atoms with Gasteiger partial charge in [0.2, 0.25) is 0 Å². The molecule has 0 aliphatic carbocycles. The van der Waals surface area contributed by atoms with Gasteiger partial charge in [-0.05, 0) is 30.0 Å². The van der Waals surface area contributed by atoms with E-state index in [0.717, 1.165) is 37.2 Å². The Hall–Kier alpha value is -1.70. The first-order chi connectivity index (χ1) is 11.1. The summed E-state index contributed by atoms with van der Waals surface area (Å²) in [4.78, 5) is 0. The van der Waals surface area contributed by atoms with E-state index in [1.165, 1.54) is 6.07 Å². The Bertz CT molecular complexity index is 659. The average molecular weight is 343 g/mol. The van der Waals surface area contributed by atoms with Crippen LogP contribution in [0.3, 0.4) is 0 Å². The van der Waals surface area contributed by atoms with Gasteiger partial charge in [0.05, 0.1) is 11.2 Å². The number of halogens is 3. The number of hydrogen-bond acceptors (Lipinski definition) is 4. The van der Waals surface area contributed by atoms with Crippen molar-refractivity contribution in [2.45, 2.75) is 19.6 Å². The van der Waals surface area contributed by atoms with Gasteiger partial charge in [0.15, 0.2) is 0 Å². The van der Waals surface area contributed by atoms with Crippen LogP contribution in [0.4, 0.5) is 8.78 Å². The number of nitrogens with zero attached hydrogens (tertiary/aromatic N) is 2. The van der Waals surface area contributed by atoms with E-state index >= 15 is 0 Å². The van der Waals surface area contributed by atoms with E-state index in [-0.39, 0.29) is 10.8 Å². The average Bonchev–Trinajstić information content (AvgIpc) is 3.18. The molecule has 0 spiro atoms. The molecule has 1 fully saturated rings. The van der Waals surface area contributed by atoms with Crippen LogP contribution >= 0.6 is 11.6 Å². The number of hydrazine groups is 1. The topological polar surface area (TPSA) is 51.1 Å². The summed E-state index contributed by atoms with van der Waals surface area (Å²) >= 11 is 5.86. The van der Waals surface area contributed by atoms with E-state index in [1.807, 2.05) is 10.9 Å². The smallest absolute Gasteiger partial charge is 0.387 e. The van der Waals surface area contributed by atoms with Crippen LogP contribution in [0.25, 0.3) is 11.1 Å². The van der Waals surface area contributed by atoms with Crippen molar-refractivity contribution >= 4 is 11.6 Å². The molecule has 0 radical (unpaired) electrons. The Labute approximate surface area is 137 Å². The van der Waals surface area contributed by atoms with Crippen LogP contribution in [0.1, 0.15) is 6.42 Å². The highest BCUT2D eigenvalue weighted by Crippen LogP contribution is 2.31. The number of nitrogens with one attached hydrogen (secondary N) is 2. The van der Waals surface area contributed by atoms with E-state index in [1.54, 1.807) is 18.3 Å². The van der Waals surface area contributed by atoms with Crippen molar-refractivity contribution in [2.75, 3.05) is 13.1 Å². The van der Waals surface area contributed by atoms with Gasteiger partial charge in [-0.15, -0.1) is 0 Å². The van der Waals surface area contributed by atoms with Gasteiger partial charge in [-0.3, -0.25) is 15.5 Å². The zero-order valence-corrected chi connectivity index (χ0v) is 13.1. The van der Waals surface area contributed by atoms with Gasteiger partial charge in [0.25, 0.3) is 0 Å². The quantitative estimate of drug-likeness (QED) is 0.847. The van der Waals surface area contributed by atoms with Crippen LogP contribution in [0.5, 0.6) is 5.75 Å². The first-order valence-electron chi connectivity index (χ1n) is 7.35. The third kappa shape index (κ3) is 4.19. The lowest BCUT2D eigenvalue weighted by molar-refractivity contribution is -0.0497. The molecule has 1 aromatic heterocycles. The third-order valence-corrected chi connectivity index (χ3v) is 4.10. The summed E-state index contributed by atoms with van der Waals surface area (Å²) in [6.45, 7) is -0.180. The Morgan fingerprint density at radius 3 is 2.83 bits per heavy atom. The largest absolute Gasteiger partial charge is 0.433 e. The molecule has 124 valence electrons. The van der Waals surface area contributed by atoms with Gasteiger partial charge in [-0.1, -0.05) is 17.7 Å². The second kappa shape index (κ2) is 7.25. The molecule has 2 N–H and O–H groups in total. The second-order valence-corrected chi connectivity index (χ2v) is 5.84. The summed E-state index contributed by atoms with van der Waals surface area (Å²) in [5.74, 6) is 0.555. The lowest BCUT2D eigenvalue weighted by Crippen LogP contribution is -2.21. The van der Waals surface area contributed by atoms with Gasteiger partial charge in [-0.2, -0.15) is 13.9 Å². The van der Waals surface area contributed by atoms with E-state index in [0.29, 0.717) is 5.92 Å². The van der Waals surface area contributed by atoms with Crippen LogP contribution < -0.4 is 15.6 Å². The van der Waals surface area contributed by atoms with Crippen molar-refractivity contribution in [1.29, 1.82) is 0 Å². The highest BCUT2D eigenvalue weighted by Gasteiger charge is 2.14. The maximum atomic E-state index is 12.4. The Morgan fingerprint density at radius 2 is 2.09 bits per heavy atom. The normalized spacial score (nSPS) is 15.5. The van der Waals surface area contributed by atoms with E-state index < -0.39 is 6.61 Å². The summed E-state index contributed by atoms with van der Waals surface area (Å²) in [5.41, 5.74) is 7.77. The van der Waals surface area contributed by atoms with Crippen molar-refractivity contribution in [3.05, 3.63) is 35.6 Å². The van der Waals surface area contributed by atoms with E-state index in [4.69, 9.17) is 11.6 Å². The molecule has 0 unspecified atom stereocenters. The minimum Gasteiger partial charge on any atom is -0.433 e. The summed E-state index contributed by atoms with van der Waals surface area (Å²) in [6, 6.07) is 4.80. The van der Waals surface area contributed by atoms with Gasteiger partial charge < -0.3 is 4.74 Å². The predicted molar refractivity (Wildman–Crippen MR) is 83.4 cm³/mol. The Balaban J connectivity index is 1.69. The molecule has 1 saturated heterocycles. The second-order valence-electron chi connectivity index (χ2n) is 5.43. The zero-order valence-electron chi connectivity index (χ0n) is 12.3. The van der Waals surface area contributed by atoms with Gasteiger partial charge >= 0.3 is 6.61 Å². The van der Waals surface area contributed by atoms with Crippen LogP contribution in [-0.2, 0) is 6.54 Å². The fourth-order valence-corrected chi connectivity index (χ4v) is 2.69. The van der Waals surface area contributed by atoms with E-state index in [2.05, 4.69) is 20.7 Å². The molecular formula is C15H17ClF2N4O. The molecule has 0 amide bonds. The fourth-order valence-electron chi connectivity index (χ4n) is 2.53. The number of ether oxygens (including phenoxy) is 1. The van der Waals surface area contributed by atoms with Crippen LogP contribution in [-0.4, -0.2) is 29.5 Å². The zero-order chi connectivity index (χ0) is 16.2. The predicted octanol–water partition coefficient (Wildman–Crippen LogP) is 2.92. The van der Waals surface area contributed by atoms with Crippen LogP contribution in [0, 0.1) is 5.92 Å². The molecular weight excluding hydrogens is 326 g/mol. The number of benzene rings is 1. The summed E-state index contributed by atoms with van der Waals surface area (Å²) in [5, 5.41) is 4.48. The molecule has 1 aromatic carbocycles. The highest BCUT2D eigenvalue weighted by atomic mass is 35.5. The Morgan fingerprint density at radius 1 is 1.30 bits per heavy atom. The Kier molecular flexibility index (Phi) is 5.09. The summed E-state index contributed by atoms with van der Waals surface area (Å²) in [7, 11) is 0. The molecule has 1 aliphatic heterocycles. The molecule has 0 atom stereocenters. The maximum absolute atomic E-state index is 12.4.